The number of fused-ring (bicyclic) bond motifs is 5. The highest BCUT2D eigenvalue weighted by Crippen LogP contribution is 2.67. The molecule has 0 heterocycles. The van der Waals surface area contributed by atoms with E-state index >= 15 is 0 Å². The Hall–Kier alpha value is -0.370. The number of carbonyl (C=O) groups is 1. The Morgan fingerprint density at radius 3 is 2.45 bits per heavy atom. The third-order valence-corrected chi connectivity index (χ3v) is 10.6. The van der Waals surface area contributed by atoms with Gasteiger partial charge in [0.1, 0.15) is 5.78 Å². The molecule has 0 aliphatic heterocycles. The zero-order chi connectivity index (χ0) is 21.0. The molecule has 0 radical (unpaired) electrons. The Morgan fingerprint density at radius 2 is 1.72 bits per heavy atom. The van der Waals surface area contributed by atoms with Gasteiger partial charge in [-0.15, -0.1) is 0 Å². The summed E-state index contributed by atoms with van der Waals surface area (Å²) in [4.78, 5) is 13.4. The monoisotopic (exact) mass is 402 g/mol. The van der Waals surface area contributed by atoms with E-state index in [9.17, 15) is 9.90 Å². The van der Waals surface area contributed by atoms with Crippen molar-refractivity contribution in [2.24, 2.45) is 52.3 Å². The maximum absolute atomic E-state index is 13.4. The van der Waals surface area contributed by atoms with Gasteiger partial charge in [0.25, 0.3) is 0 Å². The molecule has 0 aromatic carbocycles. The van der Waals surface area contributed by atoms with Crippen molar-refractivity contribution in [1.82, 2.24) is 0 Å². The summed E-state index contributed by atoms with van der Waals surface area (Å²) in [6.45, 7) is 12.1. The predicted molar refractivity (Wildman–Crippen MR) is 119 cm³/mol. The van der Waals surface area contributed by atoms with E-state index in [4.69, 9.17) is 0 Å². The minimum atomic E-state index is -0.0809. The third-order valence-electron chi connectivity index (χ3n) is 10.6. The number of ketones is 1. The molecule has 0 bridgehead atoms. The molecule has 0 saturated heterocycles. The quantitative estimate of drug-likeness (QED) is 0.559. The lowest BCUT2D eigenvalue weighted by atomic mass is 9.44. The molecule has 0 amide bonds. The fourth-order valence-electron chi connectivity index (χ4n) is 8.97. The van der Waals surface area contributed by atoms with Crippen LogP contribution in [0.25, 0.3) is 0 Å². The first-order valence-electron chi connectivity index (χ1n) is 12.9. The van der Waals surface area contributed by atoms with Crippen molar-refractivity contribution in [1.29, 1.82) is 0 Å². The number of hydrogen-bond acceptors (Lipinski definition) is 2. The molecule has 4 fully saturated rings. The van der Waals surface area contributed by atoms with Crippen molar-refractivity contribution >= 4 is 5.78 Å². The molecule has 4 rings (SSSR count). The minimum absolute atomic E-state index is 0.0809. The van der Waals surface area contributed by atoms with Crippen molar-refractivity contribution in [2.45, 2.75) is 111 Å². The second-order valence-corrected chi connectivity index (χ2v) is 12.6. The molecule has 9 unspecified atom stereocenters. The molecule has 0 spiro atoms. The molecule has 4 saturated carbocycles. The SMILES string of the molecule is CC(C)CCCC(C)C1CC(=O)C2C3CCC4CC(O)CCC4(C)C3CCC12C. The summed E-state index contributed by atoms with van der Waals surface area (Å²) < 4.78 is 0. The van der Waals surface area contributed by atoms with E-state index in [-0.39, 0.29) is 11.5 Å². The smallest absolute Gasteiger partial charge is 0.137 e. The highest BCUT2D eigenvalue weighted by atomic mass is 16.3. The number of Topliss-reactive ketones (excluding diaryl/α,β-unsaturated/α-hetero) is 1. The summed E-state index contributed by atoms with van der Waals surface area (Å²) in [5.41, 5.74) is 0.609. The maximum atomic E-state index is 13.4. The van der Waals surface area contributed by atoms with Gasteiger partial charge in [-0.05, 0) is 91.3 Å². The molecule has 2 nitrogen and oxygen atoms in total. The average Bonchev–Trinajstić information content (AvgIpc) is 2.93. The van der Waals surface area contributed by atoms with Crippen LogP contribution in [-0.4, -0.2) is 17.0 Å². The van der Waals surface area contributed by atoms with E-state index in [1.54, 1.807) is 0 Å². The van der Waals surface area contributed by atoms with Crippen LogP contribution in [0.3, 0.4) is 0 Å². The number of aliphatic hydroxyl groups excluding tert-OH is 1. The van der Waals surface area contributed by atoms with Gasteiger partial charge < -0.3 is 5.11 Å². The molecule has 1 N–H and O–H groups in total. The van der Waals surface area contributed by atoms with Gasteiger partial charge >= 0.3 is 0 Å². The first kappa shape index (κ1) is 21.8. The summed E-state index contributed by atoms with van der Waals surface area (Å²) in [5, 5.41) is 10.2. The largest absolute Gasteiger partial charge is 0.393 e. The molecule has 4 aliphatic carbocycles. The van der Waals surface area contributed by atoms with Crippen LogP contribution in [0, 0.1) is 52.3 Å². The fraction of sp³-hybridized carbons (Fsp3) is 0.963. The molecule has 9 atom stereocenters. The Bertz CT molecular complexity index is 612. The van der Waals surface area contributed by atoms with Crippen molar-refractivity contribution in [3.63, 3.8) is 0 Å². The molecule has 2 heteroatoms. The van der Waals surface area contributed by atoms with Gasteiger partial charge in [0, 0.05) is 12.3 Å². The van der Waals surface area contributed by atoms with E-state index < -0.39 is 0 Å². The Morgan fingerprint density at radius 1 is 1.00 bits per heavy atom. The first-order valence-corrected chi connectivity index (χ1v) is 12.9. The van der Waals surface area contributed by atoms with Gasteiger partial charge in [-0.2, -0.15) is 0 Å². The Labute approximate surface area is 179 Å². The fourth-order valence-corrected chi connectivity index (χ4v) is 8.97. The standard InChI is InChI=1S/C27H46O2/c1-17(2)7-6-8-18(3)23-16-24(29)25-21-10-9-19-15-20(28)11-13-26(19,4)22(21)12-14-27(23,25)5/h17-23,25,28H,6-16H2,1-5H3. The van der Waals surface area contributed by atoms with Crippen LogP contribution in [0.1, 0.15) is 105 Å². The van der Waals surface area contributed by atoms with Gasteiger partial charge in [0.05, 0.1) is 6.10 Å². The summed E-state index contributed by atoms with van der Waals surface area (Å²) in [7, 11) is 0. The Balaban J connectivity index is 1.51. The lowest BCUT2D eigenvalue weighted by Crippen LogP contribution is -2.55. The highest BCUT2D eigenvalue weighted by Gasteiger charge is 2.63. The molecule has 0 aromatic rings. The van der Waals surface area contributed by atoms with E-state index in [1.165, 1.54) is 51.4 Å². The molecule has 0 aromatic heterocycles. The van der Waals surface area contributed by atoms with E-state index in [2.05, 4.69) is 34.6 Å². The third kappa shape index (κ3) is 3.64. The number of hydrogen-bond donors (Lipinski definition) is 1. The van der Waals surface area contributed by atoms with Crippen molar-refractivity contribution in [3.05, 3.63) is 0 Å². The zero-order valence-corrected chi connectivity index (χ0v) is 19.8. The van der Waals surface area contributed by atoms with Crippen LogP contribution in [0.2, 0.25) is 0 Å². The van der Waals surface area contributed by atoms with E-state index in [0.29, 0.717) is 46.7 Å². The van der Waals surface area contributed by atoms with Crippen LogP contribution in [0.15, 0.2) is 0 Å². The zero-order valence-electron chi connectivity index (χ0n) is 19.8. The van der Waals surface area contributed by atoms with Gasteiger partial charge in [-0.1, -0.05) is 53.9 Å². The maximum Gasteiger partial charge on any atom is 0.137 e. The van der Waals surface area contributed by atoms with Crippen molar-refractivity contribution < 1.29 is 9.90 Å². The van der Waals surface area contributed by atoms with Gasteiger partial charge in [0.15, 0.2) is 0 Å². The van der Waals surface area contributed by atoms with E-state index in [0.717, 1.165) is 25.2 Å². The minimum Gasteiger partial charge on any atom is -0.393 e. The number of aliphatic hydroxyl groups is 1. The molecule has 166 valence electrons. The predicted octanol–water partition coefficient (Wildman–Crippen LogP) is 6.65. The number of rotatable bonds is 5. The van der Waals surface area contributed by atoms with Crippen LogP contribution in [-0.2, 0) is 4.79 Å². The number of carbonyl (C=O) groups excluding carboxylic acids is 1. The van der Waals surface area contributed by atoms with Crippen LogP contribution < -0.4 is 0 Å². The summed E-state index contributed by atoms with van der Waals surface area (Å²) in [6, 6.07) is 0. The summed E-state index contributed by atoms with van der Waals surface area (Å²) in [6.07, 6.45) is 12.9. The van der Waals surface area contributed by atoms with Crippen LogP contribution >= 0.6 is 0 Å². The van der Waals surface area contributed by atoms with E-state index in [1.807, 2.05) is 0 Å². The molecule has 29 heavy (non-hydrogen) atoms. The van der Waals surface area contributed by atoms with Gasteiger partial charge in [-0.3, -0.25) is 4.79 Å². The second-order valence-electron chi connectivity index (χ2n) is 12.6. The summed E-state index contributed by atoms with van der Waals surface area (Å²) in [5.74, 6) is 5.02. The van der Waals surface area contributed by atoms with Gasteiger partial charge in [0.2, 0.25) is 0 Å². The van der Waals surface area contributed by atoms with Crippen LogP contribution in [0.4, 0.5) is 0 Å². The highest BCUT2D eigenvalue weighted by molar-refractivity contribution is 5.85. The molecular weight excluding hydrogens is 356 g/mol. The second kappa shape index (κ2) is 7.95. The molecular formula is C27H46O2. The Kier molecular flexibility index (Phi) is 5.99. The molecule has 4 aliphatic rings. The lowest BCUT2D eigenvalue weighted by Gasteiger charge is -2.60. The van der Waals surface area contributed by atoms with Gasteiger partial charge in [-0.25, -0.2) is 0 Å². The van der Waals surface area contributed by atoms with Crippen molar-refractivity contribution in [2.75, 3.05) is 0 Å². The average molecular weight is 403 g/mol. The topological polar surface area (TPSA) is 37.3 Å². The first-order chi connectivity index (χ1) is 13.7. The normalized spacial score (nSPS) is 48.2. The van der Waals surface area contributed by atoms with Crippen LogP contribution in [0.5, 0.6) is 0 Å². The lowest BCUT2D eigenvalue weighted by molar-refractivity contribution is -0.146. The van der Waals surface area contributed by atoms with Crippen molar-refractivity contribution in [3.8, 4) is 0 Å². The summed E-state index contributed by atoms with van der Waals surface area (Å²) >= 11 is 0.